The number of ether oxygens (including phenoxy) is 5. The number of piperazine rings is 2. The summed E-state index contributed by atoms with van der Waals surface area (Å²) in [5.41, 5.74) is -0.772. The Hall–Kier alpha value is -2.03. The Morgan fingerprint density at radius 1 is 0.625 bits per heavy atom. The molecule has 1 N–H and O–H groups in total. The maximum absolute atomic E-state index is 11.9. The molecule has 0 unspecified atom stereocenters. The van der Waals surface area contributed by atoms with Crippen molar-refractivity contribution < 1.29 is 38.1 Å². The summed E-state index contributed by atoms with van der Waals surface area (Å²) in [5.74, 6) is 1.73. The molecular formula is C35H65N5O8. The number of aldehydes is 1. The van der Waals surface area contributed by atoms with E-state index in [1.807, 2.05) is 41.5 Å². The van der Waals surface area contributed by atoms with Crippen molar-refractivity contribution in [2.45, 2.75) is 72.0 Å². The Labute approximate surface area is 289 Å². The lowest BCUT2D eigenvalue weighted by molar-refractivity contribution is -0.123. The predicted molar refractivity (Wildman–Crippen MR) is 184 cm³/mol. The van der Waals surface area contributed by atoms with Crippen LogP contribution < -0.4 is 5.32 Å². The molecular weight excluding hydrogens is 618 g/mol. The van der Waals surface area contributed by atoms with Crippen LogP contribution in [0, 0.1) is 17.8 Å². The van der Waals surface area contributed by atoms with Gasteiger partial charge in [-0.1, -0.05) is 0 Å². The van der Waals surface area contributed by atoms with Crippen molar-refractivity contribution in [2.24, 2.45) is 17.8 Å². The van der Waals surface area contributed by atoms with E-state index in [9.17, 15) is 14.4 Å². The maximum Gasteiger partial charge on any atom is 0.410 e. The number of amides is 2. The molecule has 13 heteroatoms. The van der Waals surface area contributed by atoms with Crippen LogP contribution in [-0.2, 0) is 28.5 Å². The zero-order valence-electron chi connectivity index (χ0n) is 30.7. The molecule has 0 aliphatic carbocycles. The molecule has 6 saturated heterocycles. The van der Waals surface area contributed by atoms with Gasteiger partial charge in [0.05, 0.1) is 45.6 Å². The first-order valence-corrected chi connectivity index (χ1v) is 18.1. The number of nitrogens with zero attached hydrogens (tertiary/aromatic N) is 4. The molecule has 6 aliphatic rings. The van der Waals surface area contributed by atoms with E-state index >= 15 is 0 Å². The van der Waals surface area contributed by atoms with Gasteiger partial charge in [-0.2, -0.15) is 0 Å². The van der Waals surface area contributed by atoms with Crippen molar-refractivity contribution in [2.75, 3.05) is 118 Å². The van der Waals surface area contributed by atoms with Crippen molar-refractivity contribution in [3.8, 4) is 0 Å². The fraction of sp³-hybridized carbons (Fsp3) is 0.914. The van der Waals surface area contributed by atoms with Crippen LogP contribution in [0.4, 0.5) is 9.59 Å². The fourth-order valence-electron chi connectivity index (χ4n) is 5.58. The molecule has 6 rings (SSSR count). The van der Waals surface area contributed by atoms with Gasteiger partial charge in [0.1, 0.15) is 17.5 Å². The summed E-state index contributed by atoms with van der Waals surface area (Å²) in [7, 11) is 0. The minimum absolute atomic E-state index is 0.160. The number of rotatable bonds is 5. The van der Waals surface area contributed by atoms with Gasteiger partial charge in [0.15, 0.2) is 0 Å². The second kappa shape index (κ2) is 20.6. The monoisotopic (exact) mass is 683 g/mol. The molecule has 48 heavy (non-hydrogen) atoms. The highest BCUT2D eigenvalue weighted by molar-refractivity contribution is 5.68. The molecule has 0 aromatic heterocycles. The number of carbonyl (C=O) groups is 3. The van der Waals surface area contributed by atoms with Crippen molar-refractivity contribution in [3.05, 3.63) is 0 Å². The third-order valence-electron chi connectivity index (χ3n) is 8.54. The summed E-state index contributed by atoms with van der Waals surface area (Å²) in [6, 6.07) is 0. The van der Waals surface area contributed by atoms with E-state index in [0.29, 0.717) is 19.1 Å². The first kappa shape index (κ1) is 40.4. The van der Waals surface area contributed by atoms with Crippen LogP contribution >= 0.6 is 0 Å². The lowest BCUT2D eigenvalue weighted by Crippen LogP contribution is -2.52. The molecule has 0 aromatic carbocycles. The van der Waals surface area contributed by atoms with Crippen LogP contribution in [-0.4, -0.2) is 167 Å². The van der Waals surface area contributed by atoms with Crippen molar-refractivity contribution in [3.63, 3.8) is 0 Å². The molecule has 2 amide bonds. The molecule has 6 heterocycles. The van der Waals surface area contributed by atoms with Gasteiger partial charge in [-0.15, -0.1) is 0 Å². The number of hydrogen-bond acceptors (Lipinski definition) is 11. The Morgan fingerprint density at radius 3 is 1.38 bits per heavy atom. The molecule has 6 aliphatic heterocycles. The van der Waals surface area contributed by atoms with Crippen molar-refractivity contribution in [1.82, 2.24) is 24.9 Å². The second-order valence-electron chi connectivity index (χ2n) is 15.6. The Bertz CT molecular complexity index is 926. The normalized spacial score (nSPS) is 22.9. The minimum Gasteiger partial charge on any atom is -0.444 e. The predicted octanol–water partition coefficient (Wildman–Crippen LogP) is 2.96. The van der Waals surface area contributed by atoms with Crippen LogP contribution in [0.3, 0.4) is 0 Å². The highest BCUT2D eigenvalue weighted by Crippen LogP contribution is 2.16. The first-order chi connectivity index (χ1) is 22.8. The van der Waals surface area contributed by atoms with E-state index in [2.05, 4.69) is 15.1 Å². The lowest BCUT2D eigenvalue weighted by Gasteiger charge is -2.38. The van der Waals surface area contributed by atoms with Gasteiger partial charge in [0, 0.05) is 90.4 Å². The molecule has 0 aromatic rings. The maximum atomic E-state index is 11.9. The number of carbonyl (C=O) groups excluding carboxylic acids is 3. The van der Waals surface area contributed by atoms with E-state index < -0.39 is 5.60 Å². The summed E-state index contributed by atoms with van der Waals surface area (Å²) in [6.07, 6.45) is 4.04. The molecule has 0 atom stereocenters. The number of hydrogen-bond donors (Lipinski definition) is 1. The van der Waals surface area contributed by atoms with Crippen LogP contribution in [0.15, 0.2) is 0 Å². The number of piperidine rings is 1. The third kappa shape index (κ3) is 16.6. The van der Waals surface area contributed by atoms with E-state index in [1.54, 1.807) is 9.80 Å². The van der Waals surface area contributed by atoms with Crippen molar-refractivity contribution in [1.29, 1.82) is 0 Å². The minimum atomic E-state index is -0.405. The smallest absolute Gasteiger partial charge is 0.410 e. The zero-order chi connectivity index (χ0) is 35.0. The lowest BCUT2D eigenvalue weighted by atomic mass is 10.1. The molecule has 0 saturated carbocycles. The van der Waals surface area contributed by atoms with Gasteiger partial charge in [0.2, 0.25) is 0 Å². The Morgan fingerprint density at radius 2 is 1.04 bits per heavy atom. The molecule has 0 radical (unpaired) electrons. The molecule has 6 fully saturated rings. The van der Waals surface area contributed by atoms with Gasteiger partial charge in [-0.05, 0) is 60.8 Å². The van der Waals surface area contributed by atoms with Crippen LogP contribution in [0.25, 0.3) is 0 Å². The summed E-state index contributed by atoms with van der Waals surface area (Å²) in [6.45, 7) is 28.7. The summed E-state index contributed by atoms with van der Waals surface area (Å²) in [5, 5.41) is 3.35. The van der Waals surface area contributed by atoms with E-state index in [4.69, 9.17) is 23.7 Å². The topological polar surface area (TPSA) is 122 Å². The van der Waals surface area contributed by atoms with Crippen LogP contribution in [0.5, 0.6) is 0 Å². The summed E-state index contributed by atoms with van der Waals surface area (Å²) >= 11 is 0. The van der Waals surface area contributed by atoms with E-state index in [0.717, 1.165) is 110 Å². The standard InChI is InChI=1S/C13H24N2O3.C10H19NO2.C8H16N2O.C4H6O2/c1-13(2,3)18-12(16)15-6-4-14(5-7-15)8-11-9-17-10-11;1-10(2,3)13-9(12)11-7-5-4-6-8-11;1-3-10(4-2-9-1)5-8-6-11-7-8;5-1-4-2-6-3-4/h11H,4-10H2,1-3H3;4-8H2,1-3H3;8-9H,1-7H2;1,4H,2-3H2. The van der Waals surface area contributed by atoms with Gasteiger partial charge >= 0.3 is 12.2 Å². The first-order valence-electron chi connectivity index (χ1n) is 18.1. The summed E-state index contributed by atoms with van der Waals surface area (Å²) in [4.78, 5) is 41.6. The average Bonchev–Trinajstić information content (AvgIpc) is 2.97. The van der Waals surface area contributed by atoms with Crippen LogP contribution in [0.2, 0.25) is 0 Å². The number of likely N-dealkylation sites (tertiary alicyclic amines) is 1. The van der Waals surface area contributed by atoms with Gasteiger partial charge in [0.25, 0.3) is 0 Å². The largest absolute Gasteiger partial charge is 0.444 e. The fourth-order valence-corrected chi connectivity index (χ4v) is 5.58. The number of nitrogens with one attached hydrogen (secondary N) is 1. The average molecular weight is 684 g/mol. The van der Waals surface area contributed by atoms with Gasteiger partial charge < -0.3 is 48.5 Å². The SMILES string of the molecule is C1CN(CC2COC2)CCN1.CC(C)(C)OC(=O)N1CCCCC1.CC(C)(C)OC(=O)N1CCN(CC2COC2)CC1.O=CC1COC1. The Balaban J connectivity index is 0.000000184. The molecule has 13 nitrogen and oxygen atoms in total. The van der Waals surface area contributed by atoms with E-state index in [1.165, 1.54) is 26.1 Å². The molecule has 278 valence electrons. The quantitative estimate of drug-likeness (QED) is 0.431. The van der Waals surface area contributed by atoms with Gasteiger partial charge in [-0.25, -0.2) is 9.59 Å². The Kier molecular flexibility index (Phi) is 17.3. The molecule has 0 bridgehead atoms. The van der Waals surface area contributed by atoms with Crippen molar-refractivity contribution >= 4 is 18.5 Å². The zero-order valence-corrected chi connectivity index (χ0v) is 30.7. The van der Waals surface area contributed by atoms with Gasteiger partial charge in [-0.3, -0.25) is 4.90 Å². The summed E-state index contributed by atoms with van der Waals surface area (Å²) < 4.78 is 25.6. The molecule has 0 spiro atoms. The third-order valence-corrected chi connectivity index (χ3v) is 8.54. The van der Waals surface area contributed by atoms with Crippen LogP contribution in [0.1, 0.15) is 60.8 Å². The highest BCUT2D eigenvalue weighted by Gasteiger charge is 2.29. The second-order valence-corrected chi connectivity index (χ2v) is 15.6. The highest BCUT2D eigenvalue weighted by atomic mass is 16.6. The van der Waals surface area contributed by atoms with E-state index in [-0.39, 0.29) is 23.7 Å².